The first-order chi connectivity index (χ1) is 12.1. The highest BCUT2D eigenvalue weighted by Crippen LogP contribution is 2.29. The highest BCUT2D eigenvalue weighted by molar-refractivity contribution is 8.00. The maximum absolute atomic E-state index is 13.1. The van der Waals surface area contributed by atoms with Crippen LogP contribution < -0.4 is 0 Å². The van der Waals surface area contributed by atoms with E-state index in [9.17, 15) is 9.18 Å². The van der Waals surface area contributed by atoms with Gasteiger partial charge in [0.25, 0.3) is 0 Å². The fourth-order valence-corrected chi connectivity index (χ4v) is 3.50. The van der Waals surface area contributed by atoms with Gasteiger partial charge in [-0.15, -0.1) is 10.2 Å². The van der Waals surface area contributed by atoms with E-state index in [0.29, 0.717) is 23.0 Å². The fraction of sp³-hybridized carbons (Fsp3) is 0.211. The number of carbonyl (C=O) groups is 1. The third-order valence-corrected chi connectivity index (χ3v) is 5.30. The third-order valence-electron chi connectivity index (χ3n) is 3.91. The highest BCUT2D eigenvalue weighted by atomic mass is 32.2. The van der Waals surface area contributed by atoms with Crippen LogP contribution in [0.15, 0.2) is 59.8 Å². The second kappa shape index (κ2) is 7.61. The van der Waals surface area contributed by atoms with Gasteiger partial charge in [-0.05, 0) is 30.7 Å². The van der Waals surface area contributed by atoms with Gasteiger partial charge in [0.05, 0.1) is 5.25 Å². The van der Waals surface area contributed by atoms with Crippen molar-refractivity contribution in [2.24, 2.45) is 7.05 Å². The average Bonchev–Trinajstić information content (AvgIpc) is 3.01. The van der Waals surface area contributed by atoms with Gasteiger partial charge >= 0.3 is 0 Å². The van der Waals surface area contributed by atoms with Crippen molar-refractivity contribution in [3.05, 3.63) is 66.0 Å². The molecular weight excluding hydrogens is 337 g/mol. The quantitative estimate of drug-likeness (QED) is 0.486. The maximum Gasteiger partial charge on any atom is 0.191 e. The fourth-order valence-electron chi connectivity index (χ4n) is 2.51. The minimum absolute atomic E-state index is 0.0828. The molecule has 128 valence electrons. The van der Waals surface area contributed by atoms with E-state index in [0.717, 1.165) is 5.56 Å². The standard InChI is InChI=1S/C19H18FN3OS/c1-3-16(17(24)13-7-5-4-6-8-13)25-19-22-21-18(23(19)2)14-9-11-15(20)12-10-14/h4-12,16H,3H2,1-2H3/t16-/m0/s1. The molecule has 0 bridgehead atoms. The Morgan fingerprint density at radius 1 is 1.12 bits per heavy atom. The molecule has 4 nitrogen and oxygen atoms in total. The van der Waals surface area contributed by atoms with Crippen molar-refractivity contribution in [2.75, 3.05) is 0 Å². The Bertz CT molecular complexity index is 862. The lowest BCUT2D eigenvalue weighted by molar-refractivity contribution is 0.0988. The number of nitrogens with zero attached hydrogens (tertiary/aromatic N) is 3. The van der Waals surface area contributed by atoms with E-state index in [2.05, 4.69) is 10.2 Å². The molecule has 0 aliphatic rings. The first-order valence-corrected chi connectivity index (χ1v) is 8.89. The van der Waals surface area contributed by atoms with Crippen molar-refractivity contribution in [1.29, 1.82) is 0 Å². The van der Waals surface area contributed by atoms with Crippen LogP contribution >= 0.6 is 11.8 Å². The molecule has 2 aromatic carbocycles. The Labute approximate surface area is 150 Å². The number of carbonyl (C=O) groups excluding carboxylic acids is 1. The van der Waals surface area contributed by atoms with Gasteiger partial charge in [-0.1, -0.05) is 49.0 Å². The molecule has 0 N–H and O–H groups in total. The topological polar surface area (TPSA) is 47.8 Å². The lowest BCUT2D eigenvalue weighted by Crippen LogP contribution is -2.17. The molecule has 0 saturated heterocycles. The Balaban J connectivity index is 1.82. The monoisotopic (exact) mass is 355 g/mol. The predicted molar refractivity (Wildman–Crippen MR) is 97.1 cm³/mol. The molecule has 1 heterocycles. The number of ketones is 1. The molecule has 3 aromatic rings. The SMILES string of the molecule is CC[C@H](Sc1nnc(-c2ccc(F)cc2)n1C)C(=O)c1ccccc1. The minimum atomic E-state index is -0.292. The van der Waals surface area contributed by atoms with Gasteiger partial charge in [-0.25, -0.2) is 4.39 Å². The van der Waals surface area contributed by atoms with E-state index in [-0.39, 0.29) is 16.9 Å². The number of hydrogen-bond acceptors (Lipinski definition) is 4. The van der Waals surface area contributed by atoms with Crippen LogP contribution in [0.25, 0.3) is 11.4 Å². The van der Waals surface area contributed by atoms with Crippen LogP contribution in [0.1, 0.15) is 23.7 Å². The highest BCUT2D eigenvalue weighted by Gasteiger charge is 2.22. The zero-order valence-electron chi connectivity index (χ0n) is 14.0. The molecule has 0 radical (unpaired) electrons. The maximum atomic E-state index is 13.1. The lowest BCUT2D eigenvalue weighted by Gasteiger charge is -2.13. The molecule has 0 aliphatic heterocycles. The molecule has 0 aliphatic carbocycles. The van der Waals surface area contributed by atoms with E-state index in [4.69, 9.17) is 0 Å². The van der Waals surface area contributed by atoms with Crippen LogP contribution in [0.5, 0.6) is 0 Å². The van der Waals surface area contributed by atoms with Crippen molar-refractivity contribution in [2.45, 2.75) is 23.8 Å². The summed E-state index contributed by atoms with van der Waals surface area (Å²) in [4.78, 5) is 12.7. The molecule has 0 fully saturated rings. The van der Waals surface area contributed by atoms with Crippen molar-refractivity contribution in [3.63, 3.8) is 0 Å². The summed E-state index contributed by atoms with van der Waals surface area (Å²) in [5.41, 5.74) is 1.48. The number of aromatic nitrogens is 3. The molecule has 1 atom stereocenters. The summed E-state index contributed by atoms with van der Waals surface area (Å²) >= 11 is 1.40. The van der Waals surface area contributed by atoms with Gasteiger partial charge in [0.1, 0.15) is 5.82 Å². The third kappa shape index (κ3) is 3.79. The summed E-state index contributed by atoms with van der Waals surface area (Å²) in [6.45, 7) is 1.98. The molecule has 0 saturated carbocycles. The molecule has 1 aromatic heterocycles. The Kier molecular flexibility index (Phi) is 5.28. The van der Waals surface area contributed by atoms with E-state index in [1.54, 1.807) is 12.1 Å². The first-order valence-electron chi connectivity index (χ1n) is 8.01. The van der Waals surface area contributed by atoms with E-state index in [1.807, 2.05) is 48.9 Å². The van der Waals surface area contributed by atoms with Crippen molar-refractivity contribution >= 4 is 17.5 Å². The molecule has 3 rings (SSSR count). The smallest absolute Gasteiger partial charge is 0.191 e. The van der Waals surface area contributed by atoms with Crippen LogP contribution in [-0.4, -0.2) is 25.8 Å². The van der Waals surface area contributed by atoms with E-state index < -0.39 is 0 Å². The Morgan fingerprint density at radius 2 is 1.80 bits per heavy atom. The largest absolute Gasteiger partial charge is 0.305 e. The predicted octanol–water partition coefficient (Wildman–Crippen LogP) is 4.37. The second-order valence-electron chi connectivity index (χ2n) is 5.62. The molecular formula is C19H18FN3OS. The van der Waals surface area contributed by atoms with E-state index >= 15 is 0 Å². The van der Waals surface area contributed by atoms with Gasteiger partial charge < -0.3 is 4.57 Å². The summed E-state index contributed by atoms with van der Waals surface area (Å²) in [6, 6.07) is 15.4. The number of Topliss-reactive ketones (excluding diaryl/α,β-unsaturated/α-hetero) is 1. The zero-order chi connectivity index (χ0) is 17.8. The van der Waals surface area contributed by atoms with Gasteiger partial charge in [0.2, 0.25) is 0 Å². The molecule has 6 heteroatoms. The van der Waals surface area contributed by atoms with Crippen LogP contribution in [0.2, 0.25) is 0 Å². The number of halogens is 1. The van der Waals surface area contributed by atoms with Crippen LogP contribution in [0, 0.1) is 5.82 Å². The zero-order valence-corrected chi connectivity index (χ0v) is 14.8. The average molecular weight is 355 g/mol. The summed E-state index contributed by atoms with van der Waals surface area (Å²) in [6.07, 6.45) is 0.692. The second-order valence-corrected chi connectivity index (χ2v) is 6.79. The lowest BCUT2D eigenvalue weighted by atomic mass is 10.1. The number of hydrogen-bond donors (Lipinski definition) is 0. The summed E-state index contributed by atoms with van der Waals surface area (Å²) < 4.78 is 14.9. The minimum Gasteiger partial charge on any atom is -0.305 e. The number of benzene rings is 2. The van der Waals surface area contributed by atoms with E-state index in [1.165, 1.54) is 23.9 Å². The number of rotatable bonds is 6. The first kappa shape index (κ1) is 17.4. The van der Waals surface area contributed by atoms with Crippen LogP contribution in [0.3, 0.4) is 0 Å². The van der Waals surface area contributed by atoms with Crippen LogP contribution in [0.4, 0.5) is 4.39 Å². The molecule has 0 amide bonds. The number of thioether (sulfide) groups is 1. The van der Waals surface area contributed by atoms with Crippen molar-refractivity contribution < 1.29 is 9.18 Å². The normalized spacial score (nSPS) is 12.1. The molecule has 25 heavy (non-hydrogen) atoms. The van der Waals surface area contributed by atoms with Gasteiger partial charge in [-0.3, -0.25) is 4.79 Å². The van der Waals surface area contributed by atoms with Gasteiger partial charge in [-0.2, -0.15) is 0 Å². The summed E-state index contributed by atoms with van der Waals surface area (Å²) in [5.74, 6) is 0.434. The molecule has 0 unspecified atom stereocenters. The van der Waals surface area contributed by atoms with Crippen molar-refractivity contribution in [1.82, 2.24) is 14.8 Å². The van der Waals surface area contributed by atoms with Gasteiger partial charge in [0, 0.05) is 18.2 Å². The Hall–Kier alpha value is -2.47. The summed E-state index contributed by atoms with van der Waals surface area (Å²) in [7, 11) is 1.85. The van der Waals surface area contributed by atoms with Crippen LogP contribution in [-0.2, 0) is 7.05 Å². The van der Waals surface area contributed by atoms with Crippen molar-refractivity contribution in [3.8, 4) is 11.4 Å². The Morgan fingerprint density at radius 3 is 2.44 bits per heavy atom. The molecule has 0 spiro atoms. The van der Waals surface area contributed by atoms with Gasteiger partial charge in [0.15, 0.2) is 16.8 Å². The summed E-state index contributed by atoms with van der Waals surface area (Å²) in [5, 5.41) is 8.83.